The second kappa shape index (κ2) is 9.09. The van der Waals surface area contributed by atoms with Crippen molar-refractivity contribution in [3.63, 3.8) is 0 Å². The quantitative estimate of drug-likeness (QED) is 0.317. The van der Waals surface area contributed by atoms with Crippen LogP contribution in [0.2, 0.25) is 0 Å². The van der Waals surface area contributed by atoms with Crippen molar-refractivity contribution in [2.24, 2.45) is 10.7 Å². The van der Waals surface area contributed by atoms with E-state index in [1.54, 1.807) is 18.0 Å². The van der Waals surface area contributed by atoms with Gasteiger partial charge in [0.25, 0.3) is 0 Å². The molecule has 4 nitrogen and oxygen atoms in total. The van der Waals surface area contributed by atoms with Crippen molar-refractivity contribution in [1.82, 2.24) is 9.97 Å². The third kappa shape index (κ3) is 6.52. The van der Waals surface area contributed by atoms with Crippen LogP contribution in [0.25, 0.3) is 0 Å². The predicted molar refractivity (Wildman–Crippen MR) is 98.7 cm³/mol. The summed E-state index contributed by atoms with van der Waals surface area (Å²) in [6.45, 7) is 0.748. The van der Waals surface area contributed by atoms with Gasteiger partial charge in [-0.3, -0.25) is 4.99 Å². The smallest absolute Gasteiger partial charge is 0.153 e. The number of nitrogens with two attached hydrogens (primary N) is 1. The van der Waals surface area contributed by atoms with Crippen LogP contribution >= 0.6 is 34.4 Å². The molecule has 0 atom stereocenters. The average molecular weight is 414 g/mol. The standard InChI is InChI=1S/C15H19IN4S/c16-13-5-3-12(4-6-13)7-8-20-15(17)21-11-1-2-14-18-9-10-19-14/h3-6,9-10H,1-2,7-8,11H2,(H2,17,20)(H,18,19). The topological polar surface area (TPSA) is 67.1 Å². The number of nitrogens with one attached hydrogen (secondary N) is 1. The number of rotatable bonds is 7. The Morgan fingerprint density at radius 3 is 2.81 bits per heavy atom. The van der Waals surface area contributed by atoms with Crippen LogP contribution in [0.4, 0.5) is 0 Å². The number of aliphatic imine (C=N–C) groups is 1. The van der Waals surface area contributed by atoms with Crippen molar-refractivity contribution < 1.29 is 0 Å². The Labute approximate surface area is 143 Å². The number of hydrogen-bond acceptors (Lipinski definition) is 3. The highest BCUT2D eigenvalue weighted by atomic mass is 127. The molecule has 0 saturated heterocycles. The van der Waals surface area contributed by atoms with E-state index in [1.165, 1.54) is 9.13 Å². The van der Waals surface area contributed by atoms with E-state index >= 15 is 0 Å². The van der Waals surface area contributed by atoms with Crippen molar-refractivity contribution >= 4 is 39.5 Å². The molecule has 112 valence electrons. The lowest BCUT2D eigenvalue weighted by atomic mass is 10.2. The lowest BCUT2D eigenvalue weighted by molar-refractivity contribution is 0.866. The fraction of sp³-hybridized carbons (Fsp3) is 0.333. The van der Waals surface area contributed by atoms with E-state index in [-0.39, 0.29) is 0 Å². The Kier molecular flexibility index (Phi) is 7.08. The molecular weight excluding hydrogens is 395 g/mol. The van der Waals surface area contributed by atoms with Gasteiger partial charge in [-0.2, -0.15) is 0 Å². The lowest BCUT2D eigenvalue weighted by Gasteiger charge is -2.02. The molecule has 0 unspecified atom stereocenters. The highest BCUT2D eigenvalue weighted by Crippen LogP contribution is 2.08. The number of hydrogen-bond donors (Lipinski definition) is 2. The minimum Gasteiger partial charge on any atom is -0.379 e. The van der Waals surface area contributed by atoms with Crippen molar-refractivity contribution in [1.29, 1.82) is 0 Å². The van der Waals surface area contributed by atoms with Gasteiger partial charge in [0.1, 0.15) is 5.82 Å². The summed E-state index contributed by atoms with van der Waals surface area (Å²) in [5.41, 5.74) is 7.21. The minimum absolute atomic E-state index is 0.681. The molecule has 0 radical (unpaired) electrons. The van der Waals surface area contributed by atoms with Crippen LogP contribution in [0, 0.1) is 3.57 Å². The number of aromatic amines is 1. The molecule has 21 heavy (non-hydrogen) atoms. The van der Waals surface area contributed by atoms with Gasteiger partial charge in [0.2, 0.25) is 0 Å². The van der Waals surface area contributed by atoms with Gasteiger partial charge in [0.15, 0.2) is 5.17 Å². The monoisotopic (exact) mass is 414 g/mol. The van der Waals surface area contributed by atoms with Crippen molar-refractivity contribution in [3.05, 3.63) is 51.6 Å². The van der Waals surface area contributed by atoms with Crippen LogP contribution in [0.5, 0.6) is 0 Å². The lowest BCUT2D eigenvalue weighted by Crippen LogP contribution is -2.09. The molecule has 2 aromatic rings. The van der Waals surface area contributed by atoms with Crippen LogP contribution in [-0.4, -0.2) is 27.4 Å². The first-order valence-corrected chi connectivity index (χ1v) is 8.96. The van der Waals surface area contributed by atoms with Crippen LogP contribution < -0.4 is 5.73 Å². The summed E-state index contributed by atoms with van der Waals surface area (Å²) in [6.07, 6.45) is 6.57. The zero-order chi connectivity index (χ0) is 14.9. The van der Waals surface area contributed by atoms with E-state index in [4.69, 9.17) is 5.73 Å². The summed E-state index contributed by atoms with van der Waals surface area (Å²) in [5, 5.41) is 0.681. The van der Waals surface area contributed by atoms with Crippen molar-refractivity contribution in [3.8, 4) is 0 Å². The Hall–Kier alpha value is -1.02. The molecule has 2 rings (SSSR count). The maximum Gasteiger partial charge on any atom is 0.153 e. The molecule has 0 aliphatic carbocycles. The second-order valence-electron chi connectivity index (χ2n) is 4.58. The van der Waals surface area contributed by atoms with Gasteiger partial charge in [-0.1, -0.05) is 23.9 Å². The normalized spacial score (nSPS) is 11.8. The molecule has 0 saturated carbocycles. The first kappa shape index (κ1) is 16.4. The van der Waals surface area contributed by atoms with E-state index < -0.39 is 0 Å². The summed E-state index contributed by atoms with van der Waals surface area (Å²) in [6, 6.07) is 8.52. The van der Waals surface area contributed by atoms with Crippen LogP contribution in [-0.2, 0) is 12.8 Å². The SMILES string of the molecule is NC(=NCCc1ccc(I)cc1)SCCCc1ncc[nH]1. The Morgan fingerprint density at radius 2 is 2.10 bits per heavy atom. The summed E-state index contributed by atoms with van der Waals surface area (Å²) >= 11 is 3.93. The van der Waals surface area contributed by atoms with Gasteiger partial charge in [-0.25, -0.2) is 4.98 Å². The van der Waals surface area contributed by atoms with Crippen LogP contribution in [0.3, 0.4) is 0 Å². The van der Waals surface area contributed by atoms with Gasteiger partial charge in [0.05, 0.1) is 0 Å². The second-order valence-corrected chi connectivity index (χ2v) is 6.95. The first-order chi connectivity index (χ1) is 10.2. The zero-order valence-corrected chi connectivity index (χ0v) is 14.7. The van der Waals surface area contributed by atoms with E-state index in [0.29, 0.717) is 5.17 Å². The summed E-state index contributed by atoms with van der Waals surface area (Å²) in [4.78, 5) is 11.7. The molecule has 0 amide bonds. The highest BCUT2D eigenvalue weighted by molar-refractivity contribution is 14.1. The maximum absolute atomic E-state index is 5.91. The molecule has 1 aromatic carbocycles. The number of benzene rings is 1. The first-order valence-electron chi connectivity index (χ1n) is 6.89. The van der Waals surface area contributed by atoms with Gasteiger partial charge in [0, 0.05) is 34.7 Å². The number of aromatic nitrogens is 2. The molecule has 0 fully saturated rings. The van der Waals surface area contributed by atoms with Gasteiger partial charge < -0.3 is 10.7 Å². The fourth-order valence-electron chi connectivity index (χ4n) is 1.84. The molecule has 0 aliphatic heterocycles. The average Bonchev–Trinajstić information content (AvgIpc) is 2.99. The van der Waals surface area contributed by atoms with E-state index in [2.05, 4.69) is 61.8 Å². The minimum atomic E-state index is 0.681. The van der Waals surface area contributed by atoms with Gasteiger partial charge in [-0.05, 0) is 53.1 Å². The van der Waals surface area contributed by atoms with Gasteiger partial charge >= 0.3 is 0 Å². The Morgan fingerprint density at radius 1 is 1.29 bits per heavy atom. The molecule has 0 bridgehead atoms. The molecule has 3 N–H and O–H groups in total. The Bertz CT molecular complexity index is 552. The molecule has 0 aliphatic rings. The number of halogens is 1. The molecule has 0 spiro atoms. The van der Waals surface area contributed by atoms with Crippen LogP contribution in [0.1, 0.15) is 17.8 Å². The number of thioether (sulfide) groups is 1. The predicted octanol–water partition coefficient (Wildman–Crippen LogP) is 3.24. The molecule has 1 aromatic heterocycles. The largest absolute Gasteiger partial charge is 0.379 e. The van der Waals surface area contributed by atoms with Crippen molar-refractivity contribution in [2.45, 2.75) is 19.3 Å². The van der Waals surface area contributed by atoms with E-state index in [1.807, 2.05) is 6.20 Å². The Balaban J connectivity index is 1.61. The maximum atomic E-state index is 5.91. The van der Waals surface area contributed by atoms with Gasteiger partial charge in [-0.15, -0.1) is 0 Å². The summed E-state index contributed by atoms with van der Waals surface area (Å²) in [5.74, 6) is 2.00. The summed E-state index contributed by atoms with van der Waals surface area (Å²) < 4.78 is 1.26. The number of imidazole rings is 1. The van der Waals surface area contributed by atoms with Crippen molar-refractivity contribution in [2.75, 3.05) is 12.3 Å². The molecule has 1 heterocycles. The van der Waals surface area contributed by atoms with Crippen LogP contribution in [0.15, 0.2) is 41.7 Å². The third-order valence-corrected chi connectivity index (χ3v) is 4.58. The highest BCUT2D eigenvalue weighted by Gasteiger charge is 1.98. The number of amidine groups is 1. The number of H-pyrrole nitrogens is 1. The number of nitrogens with zero attached hydrogens (tertiary/aromatic N) is 2. The zero-order valence-electron chi connectivity index (χ0n) is 11.8. The third-order valence-electron chi connectivity index (χ3n) is 2.94. The fourth-order valence-corrected chi connectivity index (χ4v) is 2.88. The van der Waals surface area contributed by atoms with E-state index in [9.17, 15) is 0 Å². The van der Waals surface area contributed by atoms with E-state index in [0.717, 1.165) is 37.4 Å². The number of aryl methyl sites for hydroxylation is 1. The molecule has 6 heteroatoms. The summed E-state index contributed by atoms with van der Waals surface area (Å²) in [7, 11) is 0. The molecular formula is C15H19IN4S.